The molecule has 0 unspecified atom stereocenters. The van der Waals surface area contributed by atoms with Crippen molar-refractivity contribution in [1.82, 2.24) is 4.90 Å². The molecular weight excluding hydrogens is 210 g/mol. The maximum Gasteiger partial charge on any atom is 0.253 e. The molecule has 0 atom stereocenters. The fraction of sp³-hybridized carbons (Fsp3) is 0.533. The first-order valence-corrected chi connectivity index (χ1v) is 6.58. The second kappa shape index (κ2) is 5.85. The maximum atomic E-state index is 12.1. The molecule has 1 saturated carbocycles. The van der Waals surface area contributed by atoms with Gasteiger partial charge in [-0.1, -0.05) is 37.5 Å². The fourth-order valence-corrected chi connectivity index (χ4v) is 2.64. The molecule has 0 N–H and O–H groups in total. The Kier molecular flexibility index (Phi) is 4.18. The molecule has 0 heterocycles. The van der Waals surface area contributed by atoms with E-state index in [1.165, 1.54) is 32.1 Å². The summed E-state index contributed by atoms with van der Waals surface area (Å²) in [5.74, 6) is 0.859. The Morgan fingerprint density at radius 3 is 2.47 bits per heavy atom. The number of amides is 1. The zero-order valence-electron chi connectivity index (χ0n) is 10.6. The lowest BCUT2D eigenvalue weighted by Crippen LogP contribution is -2.32. The molecule has 0 bridgehead atoms. The molecule has 2 rings (SSSR count). The summed E-state index contributed by atoms with van der Waals surface area (Å²) in [5.41, 5.74) is 0.797. The standard InChI is InChI=1S/C15H21NO/c1-16(12-13-8-4-2-5-9-13)15(17)14-10-6-3-7-11-14/h3,6-7,10-11,13H,2,4-5,8-9,12H2,1H3. The van der Waals surface area contributed by atoms with E-state index in [2.05, 4.69) is 0 Å². The number of carbonyl (C=O) groups is 1. The van der Waals surface area contributed by atoms with Crippen LogP contribution in [0.1, 0.15) is 42.5 Å². The van der Waals surface area contributed by atoms with Crippen LogP contribution in [0.15, 0.2) is 30.3 Å². The third-order valence-corrected chi connectivity index (χ3v) is 3.62. The number of hydrogen-bond donors (Lipinski definition) is 0. The van der Waals surface area contributed by atoms with Crippen LogP contribution in [0.25, 0.3) is 0 Å². The van der Waals surface area contributed by atoms with Crippen LogP contribution in [0, 0.1) is 5.92 Å². The summed E-state index contributed by atoms with van der Waals surface area (Å²) in [5, 5.41) is 0. The van der Waals surface area contributed by atoms with Gasteiger partial charge >= 0.3 is 0 Å². The van der Waals surface area contributed by atoms with E-state index in [0.29, 0.717) is 5.92 Å². The van der Waals surface area contributed by atoms with Gasteiger partial charge in [0.25, 0.3) is 5.91 Å². The molecule has 0 saturated heterocycles. The smallest absolute Gasteiger partial charge is 0.253 e. The van der Waals surface area contributed by atoms with Crippen LogP contribution >= 0.6 is 0 Å². The van der Waals surface area contributed by atoms with Crippen molar-refractivity contribution in [2.45, 2.75) is 32.1 Å². The Bertz CT molecular complexity index is 354. The SMILES string of the molecule is CN(CC1CCCCC1)C(=O)c1ccccc1. The second-order valence-electron chi connectivity index (χ2n) is 5.06. The zero-order valence-corrected chi connectivity index (χ0v) is 10.6. The minimum absolute atomic E-state index is 0.149. The summed E-state index contributed by atoms with van der Waals surface area (Å²) in [6, 6.07) is 9.56. The van der Waals surface area contributed by atoms with E-state index in [0.717, 1.165) is 12.1 Å². The van der Waals surface area contributed by atoms with Gasteiger partial charge < -0.3 is 4.90 Å². The van der Waals surface area contributed by atoms with Crippen molar-refractivity contribution in [3.63, 3.8) is 0 Å². The molecule has 1 aromatic carbocycles. The highest BCUT2D eigenvalue weighted by Crippen LogP contribution is 2.24. The molecule has 1 amide bonds. The predicted molar refractivity (Wildman–Crippen MR) is 70.0 cm³/mol. The largest absolute Gasteiger partial charge is 0.341 e. The van der Waals surface area contributed by atoms with Crippen molar-refractivity contribution in [3.8, 4) is 0 Å². The fourth-order valence-electron chi connectivity index (χ4n) is 2.64. The predicted octanol–water partition coefficient (Wildman–Crippen LogP) is 3.34. The third-order valence-electron chi connectivity index (χ3n) is 3.62. The topological polar surface area (TPSA) is 20.3 Å². The Morgan fingerprint density at radius 1 is 1.18 bits per heavy atom. The van der Waals surface area contributed by atoms with Gasteiger partial charge in [-0.3, -0.25) is 4.79 Å². The molecule has 1 fully saturated rings. The van der Waals surface area contributed by atoms with Gasteiger partial charge in [0, 0.05) is 19.2 Å². The molecule has 1 aromatic rings. The van der Waals surface area contributed by atoms with E-state index in [9.17, 15) is 4.79 Å². The van der Waals surface area contributed by atoms with Crippen LogP contribution in [-0.2, 0) is 0 Å². The number of carbonyl (C=O) groups excluding carboxylic acids is 1. The van der Waals surface area contributed by atoms with Gasteiger partial charge in [-0.25, -0.2) is 0 Å². The normalized spacial score (nSPS) is 16.8. The summed E-state index contributed by atoms with van der Waals surface area (Å²) < 4.78 is 0. The minimum Gasteiger partial charge on any atom is -0.341 e. The van der Waals surface area contributed by atoms with Crippen molar-refractivity contribution in [1.29, 1.82) is 0 Å². The summed E-state index contributed by atoms with van der Waals surface area (Å²) >= 11 is 0. The molecule has 0 radical (unpaired) electrons. The van der Waals surface area contributed by atoms with Gasteiger partial charge in [0.15, 0.2) is 0 Å². The lowest BCUT2D eigenvalue weighted by Gasteiger charge is -2.27. The lowest BCUT2D eigenvalue weighted by molar-refractivity contribution is 0.0760. The molecule has 17 heavy (non-hydrogen) atoms. The molecule has 0 aromatic heterocycles. The Hall–Kier alpha value is -1.31. The number of rotatable bonds is 3. The van der Waals surface area contributed by atoms with Gasteiger partial charge in [0.1, 0.15) is 0 Å². The molecular formula is C15H21NO. The van der Waals surface area contributed by atoms with E-state index >= 15 is 0 Å². The first-order valence-electron chi connectivity index (χ1n) is 6.58. The van der Waals surface area contributed by atoms with Crippen molar-refractivity contribution < 1.29 is 4.79 Å². The van der Waals surface area contributed by atoms with Gasteiger partial charge in [-0.2, -0.15) is 0 Å². The maximum absolute atomic E-state index is 12.1. The van der Waals surface area contributed by atoms with Crippen molar-refractivity contribution in [2.24, 2.45) is 5.92 Å². The third kappa shape index (κ3) is 3.32. The first-order chi connectivity index (χ1) is 8.27. The number of nitrogens with zero attached hydrogens (tertiary/aromatic N) is 1. The van der Waals surface area contributed by atoms with Crippen LogP contribution < -0.4 is 0 Å². The average molecular weight is 231 g/mol. The lowest BCUT2D eigenvalue weighted by atomic mass is 9.89. The summed E-state index contributed by atoms with van der Waals surface area (Å²) in [6.45, 7) is 0.910. The summed E-state index contributed by atoms with van der Waals surface area (Å²) in [7, 11) is 1.92. The van der Waals surface area contributed by atoms with Gasteiger partial charge in [0.2, 0.25) is 0 Å². The second-order valence-corrected chi connectivity index (χ2v) is 5.06. The van der Waals surface area contributed by atoms with Crippen LogP contribution in [0.5, 0.6) is 0 Å². The van der Waals surface area contributed by atoms with E-state index < -0.39 is 0 Å². The van der Waals surface area contributed by atoms with E-state index in [1.54, 1.807) is 0 Å². The van der Waals surface area contributed by atoms with E-state index in [-0.39, 0.29) is 5.91 Å². The van der Waals surface area contributed by atoms with Crippen LogP contribution in [0.3, 0.4) is 0 Å². The van der Waals surface area contributed by atoms with E-state index in [4.69, 9.17) is 0 Å². The van der Waals surface area contributed by atoms with Crippen molar-refractivity contribution in [3.05, 3.63) is 35.9 Å². The highest BCUT2D eigenvalue weighted by atomic mass is 16.2. The highest BCUT2D eigenvalue weighted by Gasteiger charge is 2.18. The molecule has 0 aliphatic heterocycles. The van der Waals surface area contributed by atoms with E-state index in [1.807, 2.05) is 42.3 Å². The quantitative estimate of drug-likeness (QED) is 0.781. The van der Waals surface area contributed by atoms with Crippen LogP contribution in [0.4, 0.5) is 0 Å². The van der Waals surface area contributed by atoms with Crippen LogP contribution in [0.2, 0.25) is 0 Å². The monoisotopic (exact) mass is 231 g/mol. The molecule has 0 spiro atoms. The molecule has 2 nitrogen and oxygen atoms in total. The van der Waals surface area contributed by atoms with Crippen LogP contribution in [-0.4, -0.2) is 24.4 Å². The molecule has 1 aliphatic carbocycles. The Morgan fingerprint density at radius 2 is 1.82 bits per heavy atom. The Labute approximate surface area is 104 Å². The van der Waals surface area contributed by atoms with Crippen molar-refractivity contribution >= 4 is 5.91 Å². The summed E-state index contributed by atoms with van der Waals surface area (Å²) in [4.78, 5) is 14.0. The zero-order chi connectivity index (χ0) is 12.1. The molecule has 1 aliphatic rings. The van der Waals surface area contributed by atoms with Gasteiger partial charge in [0.05, 0.1) is 0 Å². The summed E-state index contributed by atoms with van der Waals surface area (Å²) in [6.07, 6.45) is 6.60. The average Bonchev–Trinajstić information content (AvgIpc) is 2.40. The van der Waals surface area contributed by atoms with Crippen molar-refractivity contribution in [2.75, 3.05) is 13.6 Å². The number of hydrogen-bond acceptors (Lipinski definition) is 1. The van der Waals surface area contributed by atoms with Gasteiger partial charge in [-0.05, 0) is 30.9 Å². The van der Waals surface area contributed by atoms with Gasteiger partial charge in [-0.15, -0.1) is 0 Å². The minimum atomic E-state index is 0.149. The number of benzene rings is 1. The molecule has 2 heteroatoms. The Balaban J connectivity index is 1.91. The highest BCUT2D eigenvalue weighted by molar-refractivity contribution is 5.93. The first kappa shape index (κ1) is 12.2. The molecule has 92 valence electrons.